The molecule has 108 valence electrons. The van der Waals surface area contributed by atoms with Gasteiger partial charge < -0.3 is 14.7 Å². The lowest BCUT2D eigenvalue weighted by atomic mass is 10.0. The van der Waals surface area contributed by atoms with Crippen LogP contribution in [0.1, 0.15) is 38.1 Å². The number of ether oxygens (including phenoxy) is 1. The van der Waals surface area contributed by atoms with E-state index in [4.69, 9.17) is 9.84 Å². The largest absolute Gasteiger partial charge is 0.478 e. The fourth-order valence-electron chi connectivity index (χ4n) is 2.25. The summed E-state index contributed by atoms with van der Waals surface area (Å²) in [6.45, 7) is 8.02. The number of aromatic carboxylic acids is 1. The van der Waals surface area contributed by atoms with Gasteiger partial charge in [-0.2, -0.15) is 0 Å². The number of carbonyl (C=O) groups excluding carboxylic acids is 1. The van der Waals surface area contributed by atoms with E-state index in [1.54, 1.807) is 24.8 Å². The highest BCUT2D eigenvalue weighted by atomic mass is 16.5. The third-order valence-corrected chi connectivity index (χ3v) is 3.17. The number of fused-ring (bicyclic) bond motifs is 1. The highest BCUT2D eigenvalue weighted by Crippen LogP contribution is 2.38. The van der Waals surface area contributed by atoms with E-state index in [0.29, 0.717) is 23.9 Å². The molecule has 20 heavy (non-hydrogen) atoms. The molecule has 0 spiro atoms. The third kappa shape index (κ3) is 2.48. The molecule has 1 aliphatic heterocycles. The van der Waals surface area contributed by atoms with Gasteiger partial charge in [0.05, 0.1) is 11.3 Å². The minimum atomic E-state index is -1.01. The summed E-state index contributed by atoms with van der Waals surface area (Å²) in [5.74, 6) is -0.377. The van der Waals surface area contributed by atoms with Gasteiger partial charge in [-0.15, -0.1) is 0 Å². The second kappa shape index (κ2) is 4.81. The van der Waals surface area contributed by atoms with E-state index in [0.717, 1.165) is 0 Å². The minimum Gasteiger partial charge on any atom is -0.478 e. The van der Waals surface area contributed by atoms with Gasteiger partial charge in [0.25, 0.3) is 5.91 Å². The van der Waals surface area contributed by atoms with E-state index >= 15 is 0 Å². The van der Waals surface area contributed by atoms with Gasteiger partial charge in [0.15, 0.2) is 5.60 Å². The predicted octanol–water partition coefficient (Wildman–Crippen LogP) is 2.54. The van der Waals surface area contributed by atoms with Crippen LogP contribution in [0, 0.1) is 5.92 Å². The first kappa shape index (κ1) is 14.4. The fourth-order valence-corrected chi connectivity index (χ4v) is 2.25. The first-order chi connectivity index (χ1) is 9.22. The Balaban J connectivity index is 2.51. The van der Waals surface area contributed by atoms with Gasteiger partial charge >= 0.3 is 5.97 Å². The second-order valence-electron chi connectivity index (χ2n) is 5.91. The van der Waals surface area contributed by atoms with Crippen molar-refractivity contribution in [1.82, 2.24) is 0 Å². The Labute approximate surface area is 118 Å². The maximum absolute atomic E-state index is 12.4. The predicted molar refractivity (Wildman–Crippen MR) is 75.3 cm³/mol. The zero-order chi connectivity index (χ0) is 15.1. The summed E-state index contributed by atoms with van der Waals surface area (Å²) in [6.07, 6.45) is 0. The van der Waals surface area contributed by atoms with Crippen LogP contribution < -0.4 is 9.64 Å². The molecule has 1 aromatic rings. The molecule has 2 rings (SSSR count). The molecule has 0 atom stereocenters. The van der Waals surface area contributed by atoms with E-state index in [1.807, 2.05) is 13.8 Å². The molecule has 1 amide bonds. The Morgan fingerprint density at radius 1 is 1.40 bits per heavy atom. The molecule has 5 heteroatoms. The van der Waals surface area contributed by atoms with Crippen molar-refractivity contribution in [1.29, 1.82) is 0 Å². The van der Waals surface area contributed by atoms with Crippen molar-refractivity contribution >= 4 is 17.6 Å². The fraction of sp³-hybridized carbons (Fsp3) is 0.467. The lowest BCUT2D eigenvalue weighted by Crippen LogP contribution is -2.53. The van der Waals surface area contributed by atoms with Crippen molar-refractivity contribution in [3.8, 4) is 5.75 Å². The van der Waals surface area contributed by atoms with Gasteiger partial charge in [-0.3, -0.25) is 4.79 Å². The van der Waals surface area contributed by atoms with Crippen molar-refractivity contribution in [2.75, 3.05) is 11.4 Å². The van der Waals surface area contributed by atoms with E-state index < -0.39 is 11.6 Å². The van der Waals surface area contributed by atoms with Crippen LogP contribution in [0.3, 0.4) is 0 Å². The standard InChI is InChI=1S/C15H19NO4/c1-9(2)8-16-11-6-5-10(13(17)18)7-12(11)20-15(3,4)14(16)19/h5-7,9H,8H2,1-4H3,(H,17,18). The molecule has 0 bridgehead atoms. The minimum absolute atomic E-state index is 0.109. The van der Waals surface area contributed by atoms with E-state index in [1.165, 1.54) is 12.1 Å². The van der Waals surface area contributed by atoms with E-state index in [2.05, 4.69) is 0 Å². The van der Waals surface area contributed by atoms with Crippen LogP contribution in [0.2, 0.25) is 0 Å². The zero-order valence-corrected chi connectivity index (χ0v) is 12.1. The van der Waals surface area contributed by atoms with Crippen molar-refractivity contribution in [2.45, 2.75) is 33.3 Å². The molecule has 0 saturated heterocycles. The molecule has 0 saturated carbocycles. The topological polar surface area (TPSA) is 66.8 Å². The van der Waals surface area contributed by atoms with Gasteiger partial charge in [-0.1, -0.05) is 13.8 Å². The molecule has 1 N–H and O–H groups in total. The molecule has 0 radical (unpaired) electrons. The van der Waals surface area contributed by atoms with Crippen molar-refractivity contribution < 1.29 is 19.4 Å². The summed E-state index contributed by atoms with van der Waals surface area (Å²) in [7, 11) is 0. The Hall–Kier alpha value is -2.04. The second-order valence-corrected chi connectivity index (χ2v) is 5.91. The molecule has 1 aromatic carbocycles. The maximum Gasteiger partial charge on any atom is 0.335 e. The molecule has 1 aliphatic rings. The van der Waals surface area contributed by atoms with Crippen LogP contribution >= 0.6 is 0 Å². The molecule has 0 unspecified atom stereocenters. The number of rotatable bonds is 3. The van der Waals surface area contributed by atoms with Gasteiger partial charge in [0.2, 0.25) is 0 Å². The van der Waals surface area contributed by atoms with Crippen molar-refractivity contribution in [3.05, 3.63) is 23.8 Å². The van der Waals surface area contributed by atoms with Crippen LogP contribution in [0.15, 0.2) is 18.2 Å². The lowest BCUT2D eigenvalue weighted by molar-refractivity contribution is -0.132. The van der Waals surface area contributed by atoms with Crippen LogP contribution in [-0.4, -0.2) is 29.1 Å². The molecule has 0 fully saturated rings. The number of carboxylic acids is 1. The first-order valence-electron chi connectivity index (χ1n) is 6.60. The first-order valence-corrected chi connectivity index (χ1v) is 6.60. The van der Waals surface area contributed by atoms with Crippen LogP contribution in [-0.2, 0) is 4.79 Å². The van der Waals surface area contributed by atoms with E-state index in [-0.39, 0.29) is 11.5 Å². The number of hydrogen-bond acceptors (Lipinski definition) is 3. The van der Waals surface area contributed by atoms with Gasteiger partial charge in [-0.05, 0) is 38.0 Å². The average molecular weight is 277 g/mol. The molecule has 0 aliphatic carbocycles. The number of hydrogen-bond donors (Lipinski definition) is 1. The number of carboxylic acid groups (broad SMARTS) is 1. The van der Waals surface area contributed by atoms with Gasteiger partial charge in [0.1, 0.15) is 5.75 Å². The summed E-state index contributed by atoms with van der Waals surface area (Å²) in [5, 5.41) is 9.04. The summed E-state index contributed by atoms with van der Waals surface area (Å²) >= 11 is 0. The third-order valence-electron chi connectivity index (χ3n) is 3.17. The Bertz CT molecular complexity index is 563. The number of carbonyl (C=O) groups is 2. The van der Waals surface area contributed by atoms with Crippen LogP contribution in [0.25, 0.3) is 0 Å². The summed E-state index contributed by atoms with van der Waals surface area (Å²) < 4.78 is 5.68. The van der Waals surface area contributed by atoms with Crippen LogP contribution in [0.4, 0.5) is 5.69 Å². The molecule has 0 aromatic heterocycles. The maximum atomic E-state index is 12.4. The number of amides is 1. The number of nitrogens with zero attached hydrogens (tertiary/aromatic N) is 1. The smallest absolute Gasteiger partial charge is 0.335 e. The number of anilines is 1. The Kier molecular flexibility index (Phi) is 3.46. The quantitative estimate of drug-likeness (QED) is 0.922. The van der Waals surface area contributed by atoms with Gasteiger partial charge in [0, 0.05) is 6.54 Å². The summed E-state index contributed by atoms with van der Waals surface area (Å²) in [5.41, 5.74) is -0.203. The van der Waals surface area contributed by atoms with E-state index in [9.17, 15) is 9.59 Å². The highest BCUT2D eigenvalue weighted by molar-refractivity contribution is 6.03. The highest BCUT2D eigenvalue weighted by Gasteiger charge is 2.41. The number of benzene rings is 1. The monoisotopic (exact) mass is 277 g/mol. The SMILES string of the molecule is CC(C)CN1C(=O)C(C)(C)Oc2cc(C(=O)O)ccc21. The van der Waals surface area contributed by atoms with Crippen LogP contribution in [0.5, 0.6) is 5.75 Å². The average Bonchev–Trinajstić information content (AvgIpc) is 2.33. The molecule has 1 heterocycles. The molecule has 5 nitrogen and oxygen atoms in total. The van der Waals surface area contributed by atoms with Crippen molar-refractivity contribution in [2.24, 2.45) is 5.92 Å². The Morgan fingerprint density at radius 3 is 2.60 bits per heavy atom. The lowest BCUT2D eigenvalue weighted by Gasteiger charge is -2.39. The normalized spacial score (nSPS) is 16.9. The summed E-state index contributed by atoms with van der Waals surface area (Å²) in [6, 6.07) is 4.59. The Morgan fingerprint density at radius 2 is 2.05 bits per heavy atom. The molecular formula is C15H19NO4. The zero-order valence-electron chi connectivity index (χ0n) is 12.1. The van der Waals surface area contributed by atoms with Crippen molar-refractivity contribution in [3.63, 3.8) is 0 Å². The molecular weight excluding hydrogens is 258 g/mol. The summed E-state index contributed by atoms with van der Waals surface area (Å²) in [4.78, 5) is 25.2. The van der Waals surface area contributed by atoms with Gasteiger partial charge in [-0.25, -0.2) is 4.79 Å².